The first-order valence-corrected chi connectivity index (χ1v) is 9.56. The number of hydrogen-bond acceptors (Lipinski definition) is 8. The van der Waals surface area contributed by atoms with E-state index in [9.17, 15) is 30.0 Å². The van der Waals surface area contributed by atoms with Gasteiger partial charge in [0.2, 0.25) is 17.3 Å². The van der Waals surface area contributed by atoms with Crippen LogP contribution in [0.25, 0.3) is 11.6 Å². The molecule has 32 heavy (non-hydrogen) atoms. The molecule has 2 aliphatic heterocycles. The molecule has 2 aliphatic rings. The van der Waals surface area contributed by atoms with Gasteiger partial charge in [-0.15, -0.1) is 0 Å². The molecule has 4 rings (SSSR count). The van der Waals surface area contributed by atoms with Gasteiger partial charge in [0.1, 0.15) is 0 Å². The summed E-state index contributed by atoms with van der Waals surface area (Å²) in [5.41, 5.74) is 3.75. The van der Waals surface area contributed by atoms with E-state index in [0.29, 0.717) is 16.8 Å². The molecule has 0 spiro atoms. The van der Waals surface area contributed by atoms with E-state index in [1.54, 1.807) is 30.3 Å². The maximum absolute atomic E-state index is 13.1. The van der Waals surface area contributed by atoms with E-state index >= 15 is 0 Å². The van der Waals surface area contributed by atoms with Crippen LogP contribution in [0.3, 0.4) is 0 Å². The molecule has 0 fully saturated rings. The molecule has 1 atom stereocenters. The molecule has 10 nitrogen and oxygen atoms in total. The van der Waals surface area contributed by atoms with Crippen LogP contribution in [0.1, 0.15) is 22.5 Å². The number of carbonyl (C=O) groups excluding carboxylic acids is 2. The molecular weight excluding hydrogens is 420 g/mol. The predicted octanol–water partition coefficient (Wildman–Crippen LogP) is 3.10. The summed E-state index contributed by atoms with van der Waals surface area (Å²) in [6, 6.07) is 8.64. The van der Waals surface area contributed by atoms with Crippen LogP contribution >= 0.6 is 0 Å². The summed E-state index contributed by atoms with van der Waals surface area (Å²) >= 11 is 0. The number of nitrogens with zero attached hydrogens (tertiary/aromatic N) is 1. The number of amides is 2. The largest absolute Gasteiger partial charge is 0.503 e. The molecule has 0 radical (unpaired) electrons. The lowest BCUT2D eigenvalue weighted by molar-refractivity contribution is -0.112. The topological polar surface area (TPSA) is 153 Å². The van der Waals surface area contributed by atoms with Crippen LogP contribution in [-0.4, -0.2) is 50.3 Å². The minimum atomic E-state index is -1.93. The Morgan fingerprint density at radius 3 is 2.62 bits per heavy atom. The SMILES string of the molecule is Cc1cc(C)c(/C=C2\C(=O)N(C(=O)OCC3=C(O)C(O)=C(O)C(O)O3)c3ccccc32)[nH]1. The van der Waals surface area contributed by atoms with Crippen molar-refractivity contribution in [3.05, 3.63) is 75.9 Å². The highest BCUT2D eigenvalue weighted by Gasteiger charge is 2.38. The van der Waals surface area contributed by atoms with Crippen molar-refractivity contribution in [2.75, 3.05) is 11.5 Å². The summed E-state index contributed by atoms with van der Waals surface area (Å²) < 4.78 is 9.91. The van der Waals surface area contributed by atoms with Gasteiger partial charge in [0.25, 0.3) is 12.2 Å². The number of aromatic amines is 1. The molecule has 3 heterocycles. The van der Waals surface area contributed by atoms with Gasteiger partial charge in [-0.1, -0.05) is 18.2 Å². The molecule has 1 aromatic carbocycles. The second-order valence-corrected chi connectivity index (χ2v) is 7.30. The quantitative estimate of drug-likeness (QED) is 0.457. The number of aliphatic hydroxyl groups excluding tert-OH is 4. The first-order chi connectivity index (χ1) is 15.2. The first kappa shape index (κ1) is 21.1. The van der Waals surface area contributed by atoms with Gasteiger partial charge in [0, 0.05) is 17.0 Å². The number of hydrogen-bond donors (Lipinski definition) is 5. The third kappa shape index (κ3) is 3.46. The fourth-order valence-corrected chi connectivity index (χ4v) is 3.52. The third-order valence-electron chi connectivity index (χ3n) is 5.08. The van der Waals surface area contributed by atoms with Crippen molar-refractivity contribution in [2.24, 2.45) is 0 Å². The van der Waals surface area contributed by atoms with Crippen LogP contribution < -0.4 is 4.90 Å². The highest BCUT2D eigenvalue weighted by Crippen LogP contribution is 2.38. The van der Waals surface area contributed by atoms with Crippen molar-refractivity contribution in [1.29, 1.82) is 0 Å². The number of imide groups is 1. The highest BCUT2D eigenvalue weighted by molar-refractivity contribution is 6.41. The molecule has 5 N–H and O–H groups in total. The fourth-order valence-electron chi connectivity index (χ4n) is 3.52. The molecule has 2 amide bonds. The Morgan fingerprint density at radius 1 is 1.22 bits per heavy atom. The van der Waals surface area contributed by atoms with E-state index < -0.39 is 47.9 Å². The van der Waals surface area contributed by atoms with Gasteiger partial charge in [-0.3, -0.25) is 4.79 Å². The Balaban J connectivity index is 1.61. The number of anilines is 1. The van der Waals surface area contributed by atoms with Crippen LogP contribution in [0, 0.1) is 13.8 Å². The Bertz CT molecular complexity index is 1220. The van der Waals surface area contributed by atoms with E-state index in [1.807, 2.05) is 19.9 Å². The summed E-state index contributed by atoms with van der Waals surface area (Å²) in [4.78, 5) is 29.9. The summed E-state index contributed by atoms with van der Waals surface area (Å²) in [7, 11) is 0. The molecular formula is C22H20N2O8. The zero-order valence-electron chi connectivity index (χ0n) is 17.1. The highest BCUT2D eigenvalue weighted by atomic mass is 16.6. The number of H-pyrrole nitrogens is 1. The summed E-state index contributed by atoms with van der Waals surface area (Å²) in [6.45, 7) is 3.08. The van der Waals surface area contributed by atoms with E-state index in [4.69, 9.17) is 9.47 Å². The minimum Gasteiger partial charge on any atom is -0.503 e. The minimum absolute atomic E-state index is 0.291. The van der Waals surface area contributed by atoms with Crippen molar-refractivity contribution in [3.8, 4) is 0 Å². The van der Waals surface area contributed by atoms with Crippen molar-refractivity contribution in [3.63, 3.8) is 0 Å². The second-order valence-electron chi connectivity index (χ2n) is 7.30. The number of fused-ring (bicyclic) bond motifs is 1. The summed E-state index contributed by atoms with van der Waals surface area (Å²) in [6.07, 6.45) is -1.32. The maximum Gasteiger partial charge on any atom is 0.421 e. The average Bonchev–Trinajstić information content (AvgIpc) is 3.23. The third-order valence-corrected chi connectivity index (χ3v) is 5.08. The number of aryl methyl sites for hydroxylation is 2. The lowest BCUT2D eigenvalue weighted by Crippen LogP contribution is -2.35. The normalized spacial score (nSPS) is 19.5. The first-order valence-electron chi connectivity index (χ1n) is 9.56. The zero-order chi connectivity index (χ0) is 23.2. The number of ether oxygens (including phenoxy) is 2. The summed E-state index contributed by atoms with van der Waals surface area (Å²) in [5.74, 6) is -3.97. The molecule has 1 unspecified atom stereocenters. The molecule has 0 aliphatic carbocycles. The van der Waals surface area contributed by atoms with Crippen LogP contribution in [0.15, 0.2) is 53.4 Å². The van der Waals surface area contributed by atoms with E-state index in [2.05, 4.69) is 4.98 Å². The number of rotatable bonds is 3. The number of para-hydroxylation sites is 1. The number of benzene rings is 1. The zero-order valence-corrected chi connectivity index (χ0v) is 17.1. The average molecular weight is 440 g/mol. The van der Waals surface area contributed by atoms with Crippen molar-refractivity contribution < 1.29 is 39.5 Å². The van der Waals surface area contributed by atoms with Crippen LogP contribution in [0.5, 0.6) is 0 Å². The van der Waals surface area contributed by atoms with E-state index in [0.717, 1.165) is 21.9 Å². The van der Waals surface area contributed by atoms with E-state index in [-0.39, 0.29) is 0 Å². The number of aliphatic hydroxyl groups is 4. The molecule has 166 valence electrons. The Kier molecular flexibility index (Phi) is 5.15. The van der Waals surface area contributed by atoms with Crippen LogP contribution in [0.4, 0.5) is 10.5 Å². The van der Waals surface area contributed by atoms with Gasteiger partial charge < -0.3 is 34.9 Å². The Morgan fingerprint density at radius 2 is 1.94 bits per heavy atom. The predicted molar refractivity (Wildman–Crippen MR) is 112 cm³/mol. The Labute approximate surface area is 181 Å². The van der Waals surface area contributed by atoms with Crippen molar-refractivity contribution >= 4 is 29.3 Å². The molecule has 0 bridgehead atoms. The smallest absolute Gasteiger partial charge is 0.421 e. The maximum atomic E-state index is 13.1. The number of aromatic nitrogens is 1. The van der Waals surface area contributed by atoms with Gasteiger partial charge in [0.15, 0.2) is 12.4 Å². The van der Waals surface area contributed by atoms with Crippen LogP contribution in [0.2, 0.25) is 0 Å². The van der Waals surface area contributed by atoms with Crippen molar-refractivity contribution in [2.45, 2.75) is 20.1 Å². The lowest BCUT2D eigenvalue weighted by atomic mass is 10.1. The number of nitrogens with one attached hydrogen (secondary N) is 1. The number of carbonyl (C=O) groups is 2. The summed E-state index contributed by atoms with van der Waals surface area (Å²) in [5, 5.41) is 38.4. The van der Waals surface area contributed by atoms with Gasteiger partial charge in [-0.2, -0.15) is 0 Å². The molecule has 10 heteroatoms. The standard InChI is InChI=1S/C22H20N2O8/c1-10-7-11(2)23-14(10)8-13-12-5-3-4-6-15(12)24(20(13)28)22(30)31-9-16-17(25)18(26)19(27)21(29)32-16/h3-8,21,23,25-27,29H,9H2,1-2H3/b13-8-. The Hall–Kier alpha value is -4.18. The molecule has 2 aromatic rings. The molecule has 1 aromatic heterocycles. The van der Waals surface area contributed by atoms with Crippen molar-refractivity contribution in [1.82, 2.24) is 4.98 Å². The molecule has 0 saturated carbocycles. The van der Waals surface area contributed by atoms with Gasteiger partial charge >= 0.3 is 6.09 Å². The van der Waals surface area contributed by atoms with Crippen LogP contribution in [-0.2, 0) is 14.3 Å². The monoisotopic (exact) mass is 440 g/mol. The van der Waals surface area contributed by atoms with Gasteiger partial charge in [0.05, 0.1) is 11.3 Å². The van der Waals surface area contributed by atoms with Gasteiger partial charge in [-0.25, -0.2) is 9.69 Å². The van der Waals surface area contributed by atoms with Gasteiger partial charge in [-0.05, 0) is 37.6 Å². The second kappa shape index (κ2) is 7.82. The lowest BCUT2D eigenvalue weighted by Gasteiger charge is -2.22. The molecule has 0 saturated heterocycles. The van der Waals surface area contributed by atoms with E-state index in [1.165, 1.54) is 0 Å². The fraction of sp³-hybridized carbons (Fsp3) is 0.182.